The molecular formula is C33H41ClFN3O4. The zero-order valence-electron chi connectivity index (χ0n) is 24.3. The van der Waals surface area contributed by atoms with Gasteiger partial charge in [-0.15, -0.1) is 0 Å². The molecule has 1 aliphatic carbocycles. The number of amides is 1. The van der Waals surface area contributed by atoms with Gasteiger partial charge >= 0.3 is 5.97 Å². The molecule has 42 heavy (non-hydrogen) atoms. The van der Waals surface area contributed by atoms with Crippen molar-refractivity contribution in [2.24, 2.45) is 5.92 Å². The summed E-state index contributed by atoms with van der Waals surface area (Å²) < 4.78 is 20.8. The van der Waals surface area contributed by atoms with Crippen LogP contribution in [0.5, 0.6) is 0 Å². The lowest BCUT2D eigenvalue weighted by atomic mass is 9.87. The second-order valence-electron chi connectivity index (χ2n) is 12.6. The molecule has 0 aromatic heterocycles. The van der Waals surface area contributed by atoms with E-state index in [1.54, 1.807) is 12.1 Å². The molecule has 3 fully saturated rings. The van der Waals surface area contributed by atoms with Gasteiger partial charge in [0.1, 0.15) is 11.9 Å². The summed E-state index contributed by atoms with van der Waals surface area (Å²) in [6.45, 7) is 6.05. The van der Waals surface area contributed by atoms with Crippen molar-refractivity contribution in [3.8, 4) is 0 Å². The third kappa shape index (κ3) is 6.09. The molecule has 3 aliphatic heterocycles. The van der Waals surface area contributed by atoms with Gasteiger partial charge in [-0.2, -0.15) is 0 Å². The Balaban J connectivity index is 1.17. The van der Waals surface area contributed by atoms with Gasteiger partial charge in [0.2, 0.25) is 5.91 Å². The van der Waals surface area contributed by atoms with E-state index in [-0.39, 0.29) is 29.6 Å². The molecule has 226 valence electrons. The molecule has 1 amide bonds. The van der Waals surface area contributed by atoms with Crippen LogP contribution in [-0.2, 0) is 33.6 Å². The molecule has 4 aliphatic rings. The number of aliphatic carboxylic acids is 1. The lowest BCUT2D eigenvalue weighted by Gasteiger charge is -2.43. The minimum Gasteiger partial charge on any atom is -0.480 e. The van der Waals surface area contributed by atoms with Crippen LogP contribution in [0.4, 0.5) is 4.39 Å². The average Bonchev–Trinajstić information content (AvgIpc) is 3.63. The SMILES string of the molecule is C[C@H]1CN([C@@H](Cc2ccc3c(c2)CCC3)C(=O)O)CCN1C(=O)[C@@H]1CN(C2CCOCC2)C[C@H]1c1ccc(Cl)cc1F. The molecule has 3 saturated heterocycles. The zero-order valence-corrected chi connectivity index (χ0v) is 25.1. The van der Waals surface area contributed by atoms with E-state index < -0.39 is 12.0 Å². The number of likely N-dealkylation sites (tertiary alicyclic amines) is 1. The lowest BCUT2D eigenvalue weighted by molar-refractivity contribution is -0.147. The number of halogens is 2. The van der Waals surface area contributed by atoms with Gasteiger partial charge in [0, 0.05) is 69.0 Å². The van der Waals surface area contributed by atoms with Crippen molar-refractivity contribution in [1.29, 1.82) is 0 Å². The Morgan fingerprint density at radius 1 is 1.05 bits per heavy atom. The van der Waals surface area contributed by atoms with Crippen LogP contribution in [0.25, 0.3) is 0 Å². The normalized spacial score (nSPS) is 26.4. The fourth-order valence-corrected chi connectivity index (χ4v) is 7.87. The van der Waals surface area contributed by atoms with Gasteiger partial charge in [-0.1, -0.05) is 35.9 Å². The number of carbonyl (C=O) groups is 2. The standard InChI is InChI=1S/C33H41ClFN3O4/c1-21-18-36(31(33(40)41)16-22-5-6-23-3-2-4-24(23)15-22)11-12-38(21)32(39)29-20-37(26-9-13-42-14-10-26)19-28(29)27-8-7-25(34)17-30(27)35/h5-8,15,17,21,26,28-29,31H,2-4,9-14,16,18-20H2,1H3,(H,40,41)/t21-,28-,29+,31-/m0/s1. The van der Waals surface area contributed by atoms with Crippen LogP contribution < -0.4 is 0 Å². The lowest BCUT2D eigenvalue weighted by Crippen LogP contribution is -2.59. The molecule has 2 aromatic rings. The van der Waals surface area contributed by atoms with E-state index in [2.05, 4.69) is 23.1 Å². The highest BCUT2D eigenvalue weighted by Crippen LogP contribution is 2.39. The molecule has 7 nitrogen and oxygen atoms in total. The molecule has 6 rings (SSSR count). The number of rotatable bonds is 7. The molecule has 4 atom stereocenters. The summed E-state index contributed by atoms with van der Waals surface area (Å²) >= 11 is 6.07. The molecule has 0 saturated carbocycles. The predicted octanol–water partition coefficient (Wildman–Crippen LogP) is 4.39. The maximum Gasteiger partial charge on any atom is 0.321 e. The quantitative estimate of drug-likeness (QED) is 0.510. The van der Waals surface area contributed by atoms with Crippen molar-refractivity contribution >= 4 is 23.5 Å². The topological polar surface area (TPSA) is 73.3 Å². The Morgan fingerprint density at radius 2 is 1.83 bits per heavy atom. The number of piperazine rings is 1. The maximum absolute atomic E-state index is 15.2. The molecule has 3 heterocycles. The van der Waals surface area contributed by atoms with E-state index >= 15 is 4.39 Å². The number of hydrogen-bond donors (Lipinski definition) is 1. The van der Waals surface area contributed by atoms with Crippen molar-refractivity contribution < 1.29 is 23.8 Å². The number of carboxylic acids is 1. The number of aryl methyl sites for hydroxylation is 2. The van der Waals surface area contributed by atoms with Gasteiger partial charge in [0.15, 0.2) is 0 Å². The highest BCUT2D eigenvalue weighted by Gasteiger charge is 2.45. The van der Waals surface area contributed by atoms with Crippen LogP contribution in [0.15, 0.2) is 36.4 Å². The molecule has 0 bridgehead atoms. The van der Waals surface area contributed by atoms with Crippen LogP contribution in [0.2, 0.25) is 5.02 Å². The molecule has 0 radical (unpaired) electrons. The fraction of sp³-hybridized carbons (Fsp3) is 0.576. The van der Waals surface area contributed by atoms with Crippen molar-refractivity contribution in [3.63, 3.8) is 0 Å². The number of hydrogen-bond acceptors (Lipinski definition) is 5. The number of carboxylic acid groups (broad SMARTS) is 1. The van der Waals surface area contributed by atoms with Crippen LogP contribution in [-0.4, -0.2) is 95.7 Å². The maximum atomic E-state index is 15.2. The molecule has 2 aromatic carbocycles. The summed E-state index contributed by atoms with van der Waals surface area (Å²) in [7, 11) is 0. The van der Waals surface area contributed by atoms with Crippen molar-refractivity contribution in [1.82, 2.24) is 14.7 Å². The van der Waals surface area contributed by atoms with Gasteiger partial charge < -0.3 is 14.7 Å². The summed E-state index contributed by atoms with van der Waals surface area (Å²) in [4.78, 5) is 32.9. The number of nitrogens with zero attached hydrogens (tertiary/aromatic N) is 3. The highest BCUT2D eigenvalue weighted by atomic mass is 35.5. The first-order valence-corrected chi connectivity index (χ1v) is 15.8. The number of benzene rings is 2. The Hall–Kier alpha value is -2.52. The van der Waals surface area contributed by atoms with Crippen molar-refractivity contribution in [2.75, 3.05) is 45.9 Å². The molecule has 1 N–H and O–H groups in total. The summed E-state index contributed by atoms with van der Waals surface area (Å²) in [5, 5.41) is 10.5. The van der Waals surface area contributed by atoms with E-state index in [9.17, 15) is 14.7 Å². The number of fused-ring (bicyclic) bond motifs is 1. The Kier molecular flexibility index (Phi) is 8.87. The van der Waals surface area contributed by atoms with Gasteiger partial charge in [0.25, 0.3) is 0 Å². The monoisotopic (exact) mass is 597 g/mol. The van der Waals surface area contributed by atoms with Gasteiger partial charge in [0.05, 0.1) is 5.92 Å². The molecular weight excluding hydrogens is 557 g/mol. The molecule has 0 spiro atoms. The minimum absolute atomic E-state index is 0.0292. The van der Waals surface area contributed by atoms with E-state index in [4.69, 9.17) is 16.3 Å². The van der Waals surface area contributed by atoms with Crippen LogP contribution in [0.3, 0.4) is 0 Å². The Labute approximate surface area is 252 Å². The Bertz CT molecular complexity index is 1320. The third-order valence-corrected chi connectivity index (χ3v) is 10.2. The first-order valence-electron chi connectivity index (χ1n) is 15.4. The van der Waals surface area contributed by atoms with E-state index in [1.807, 2.05) is 16.7 Å². The molecule has 0 unspecified atom stereocenters. The van der Waals surface area contributed by atoms with Gasteiger partial charge in [-0.05, 0) is 79.8 Å². The minimum atomic E-state index is -0.830. The van der Waals surface area contributed by atoms with Crippen LogP contribution in [0, 0.1) is 11.7 Å². The van der Waals surface area contributed by atoms with Crippen LogP contribution in [0.1, 0.15) is 54.4 Å². The van der Waals surface area contributed by atoms with Crippen molar-refractivity contribution in [3.05, 3.63) is 69.5 Å². The zero-order chi connectivity index (χ0) is 29.4. The largest absolute Gasteiger partial charge is 0.480 e. The second kappa shape index (κ2) is 12.6. The number of carbonyl (C=O) groups excluding carboxylic acids is 1. The van der Waals surface area contributed by atoms with Gasteiger partial charge in [-0.3, -0.25) is 19.4 Å². The third-order valence-electron chi connectivity index (χ3n) is 9.99. The first kappa shape index (κ1) is 29.5. The first-order chi connectivity index (χ1) is 20.3. The van der Waals surface area contributed by atoms with E-state index in [1.165, 1.54) is 17.2 Å². The average molecular weight is 598 g/mol. The smallest absolute Gasteiger partial charge is 0.321 e. The van der Waals surface area contributed by atoms with E-state index in [0.29, 0.717) is 69.0 Å². The molecule has 9 heteroatoms. The highest BCUT2D eigenvalue weighted by molar-refractivity contribution is 6.30. The summed E-state index contributed by atoms with van der Waals surface area (Å²) in [5.74, 6) is -1.81. The fourth-order valence-electron chi connectivity index (χ4n) is 7.71. The summed E-state index contributed by atoms with van der Waals surface area (Å²) in [6, 6.07) is 10.7. The summed E-state index contributed by atoms with van der Waals surface area (Å²) in [6.07, 6.45) is 5.59. The van der Waals surface area contributed by atoms with Gasteiger partial charge in [-0.25, -0.2) is 4.39 Å². The van der Waals surface area contributed by atoms with E-state index in [0.717, 1.165) is 37.7 Å². The Morgan fingerprint density at radius 3 is 2.57 bits per heavy atom. The number of ether oxygens (including phenoxy) is 1. The van der Waals surface area contributed by atoms with Crippen molar-refractivity contribution in [2.45, 2.75) is 69.5 Å². The van der Waals surface area contributed by atoms with Crippen LogP contribution >= 0.6 is 11.6 Å². The predicted molar refractivity (Wildman–Crippen MR) is 159 cm³/mol. The summed E-state index contributed by atoms with van der Waals surface area (Å²) in [5.41, 5.74) is 4.32. The second-order valence-corrected chi connectivity index (χ2v) is 13.0.